The molecule has 0 aliphatic heterocycles. The van der Waals surface area contributed by atoms with Gasteiger partial charge in [-0.1, -0.05) is 39.3 Å². The Morgan fingerprint density at radius 3 is 2.40 bits per heavy atom. The van der Waals surface area contributed by atoms with E-state index in [9.17, 15) is 18.7 Å². The van der Waals surface area contributed by atoms with Gasteiger partial charge in [0.25, 0.3) is 0 Å². The number of rotatable bonds is 13. The van der Waals surface area contributed by atoms with E-state index in [4.69, 9.17) is 9.84 Å². The fourth-order valence-corrected chi connectivity index (χ4v) is 5.49. The Morgan fingerprint density at radius 2 is 1.77 bits per heavy atom. The standard InChI is InChI=1S/C32H45F2NO4.ClH/c1-20(2)25-12-6-21(3)16-29(25)39-24-10-7-22(8-11-24)14-15-32(4,5)35-19-28(36)26-17-23(9-13-30(37)38)18-27(33)31(26)34;/h7-8,10-11,17-18,20-21,25,28-29,35-36H,6,9,12-16,19H2,1-5H3,(H,37,38);1H/t21?,25?,28-,29?;/m1./s1. The highest BCUT2D eigenvalue weighted by Crippen LogP contribution is 2.36. The molecule has 0 aromatic heterocycles. The fraction of sp³-hybridized carbons (Fsp3) is 0.594. The quantitative estimate of drug-likeness (QED) is 0.232. The minimum atomic E-state index is -1.27. The third-order valence-electron chi connectivity index (χ3n) is 8.09. The first kappa shape index (κ1) is 34.0. The number of carboxylic acid groups (broad SMARTS) is 1. The highest BCUT2D eigenvalue weighted by molar-refractivity contribution is 5.85. The molecule has 1 saturated carbocycles. The van der Waals surface area contributed by atoms with Gasteiger partial charge >= 0.3 is 5.97 Å². The van der Waals surface area contributed by atoms with E-state index in [1.807, 2.05) is 26.0 Å². The summed E-state index contributed by atoms with van der Waals surface area (Å²) in [6.45, 7) is 10.9. The molecule has 3 unspecified atom stereocenters. The number of aliphatic hydroxyl groups is 1. The molecule has 2 aromatic rings. The van der Waals surface area contributed by atoms with Crippen molar-refractivity contribution in [3.05, 3.63) is 64.7 Å². The van der Waals surface area contributed by atoms with Crippen molar-refractivity contribution in [2.24, 2.45) is 17.8 Å². The number of aryl methyl sites for hydroxylation is 2. The molecule has 8 heteroatoms. The van der Waals surface area contributed by atoms with Gasteiger partial charge in [-0.05, 0) is 99.1 Å². The van der Waals surface area contributed by atoms with Gasteiger partial charge in [-0.2, -0.15) is 0 Å². The van der Waals surface area contributed by atoms with Crippen molar-refractivity contribution in [3.8, 4) is 5.75 Å². The van der Waals surface area contributed by atoms with Crippen LogP contribution in [-0.2, 0) is 17.6 Å². The molecule has 0 amide bonds. The van der Waals surface area contributed by atoms with Gasteiger partial charge in [0.15, 0.2) is 11.6 Å². The summed E-state index contributed by atoms with van der Waals surface area (Å²) >= 11 is 0. The maximum absolute atomic E-state index is 14.4. The molecule has 3 N–H and O–H groups in total. The molecule has 224 valence electrons. The third kappa shape index (κ3) is 10.0. The minimum absolute atomic E-state index is 0. The lowest BCUT2D eigenvalue weighted by Gasteiger charge is -2.37. The molecule has 0 spiro atoms. The molecular weight excluding hydrogens is 536 g/mol. The van der Waals surface area contributed by atoms with Crippen molar-refractivity contribution in [2.75, 3.05) is 6.54 Å². The zero-order chi connectivity index (χ0) is 28.7. The molecule has 5 nitrogen and oxygen atoms in total. The number of β-amino-alcohol motifs (C(OH)–C–C–N with tert-alkyl or cyclic N) is 1. The van der Waals surface area contributed by atoms with E-state index in [0.717, 1.165) is 31.1 Å². The van der Waals surface area contributed by atoms with Crippen molar-refractivity contribution in [1.29, 1.82) is 0 Å². The molecule has 0 saturated heterocycles. The molecule has 40 heavy (non-hydrogen) atoms. The molecule has 2 aromatic carbocycles. The van der Waals surface area contributed by atoms with E-state index in [1.165, 1.54) is 24.5 Å². The Morgan fingerprint density at radius 1 is 1.10 bits per heavy atom. The van der Waals surface area contributed by atoms with Crippen molar-refractivity contribution in [1.82, 2.24) is 5.32 Å². The molecule has 0 radical (unpaired) electrons. The average molecular weight is 582 g/mol. The Balaban J connectivity index is 0.00000560. The van der Waals surface area contributed by atoms with Gasteiger partial charge < -0.3 is 20.3 Å². The Kier molecular flexibility index (Phi) is 12.9. The smallest absolute Gasteiger partial charge is 0.303 e. The first-order chi connectivity index (χ1) is 18.3. The first-order valence-corrected chi connectivity index (χ1v) is 14.2. The summed E-state index contributed by atoms with van der Waals surface area (Å²) < 4.78 is 34.9. The number of ether oxygens (including phenoxy) is 1. The van der Waals surface area contributed by atoms with Crippen LogP contribution in [0.15, 0.2) is 36.4 Å². The van der Waals surface area contributed by atoms with Crippen LogP contribution in [0.25, 0.3) is 0 Å². The lowest BCUT2D eigenvalue weighted by molar-refractivity contribution is -0.136. The number of hydrogen-bond donors (Lipinski definition) is 3. The van der Waals surface area contributed by atoms with Gasteiger partial charge in [0.05, 0.1) is 6.10 Å². The maximum atomic E-state index is 14.4. The van der Waals surface area contributed by atoms with Crippen LogP contribution in [0.3, 0.4) is 0 Å². The van der Waals surface area contributed by atoms with Crippen LogP contribution in [0.2, 0.25) is 0 Å². The van der Waals surface area contributed by atoms with E-state index < -0.39 is 23.7 Å². The van der Waals surface area contributed by atoms with E-state index >= 15 is 0 Å². The molecule has 0 bridgehead atoms. The number of halogens is 3. The van der Waals surface area contributed by atoms with Crippen LogP contribution in [0, 0.1) is 29.4 Å². The van der Waals surface area contributed by atoms with Crippen LogP contribution < -0.4 is 10.1 Å². The number of benzene rings is 2. The zero-order valence-electron chi connectivity index (χ0n) is 24.4. The summed E-state index contributed by atoms with van der Waals surface area (Å²) in [5.74, 6) is -0.433. The summed E-state index contributed by atoms with van der Waals surface area (Å²) in [5, 5.41) is 22.7. The summed E-state index contributed by atoms with van der Waals surface area (Å²) in [5.41, 5.74) is 0.986. The SMILES string of the molecule is CC1CCC(C(C)C)C(Oc2ccc(CCC(C)(C)NC[C@@H](O)c3cc(CCC(=O)O)cc(F)c3F)cc2)C1.Cl. The Hall–Kier alpha value is -2.22. The minimum Gasteiger partial charge on any atom is -0.490 e. The predicted octanol–water partition coefficient (Wildman–Crippen LogP) is 7.28. The van der Waals surface area contributed by atoms with Gasteiger partial charge in [0, 0.05) is 24.1 Å². The molecule has 1 fully saturated rings. The largest absolute Gasteiger partial charge is 0.490 e. The highest BCUT2D eigenvalue weighted by Gasteiger charge is 2.32. The van der Waals surface area contributed by atoms with Gasteiger partial charge in [-0.25, -0.2) is 8.78 Å². The third-order valence-corrected chi connectivity index (χ3v) is 8.09. The van der Waals surface area contributed by atoms with Gasteiger partial charge in [-0.15, -0.1) is 12.4 Å². The molecule has 1 aliphatic carbocycles. The van der Waals surface area contributed by atoms with Gasteiger partial charge in [0.2, 0.25) is 0 Å². The lowest BCUT2D eigenvalue weighted by Crippen LogP contribution is -2.42. The van der Waals surface area contributed by atoms with Crippen molar-refractivity contribution in [2.45, 2.75) is 97.3 Å². The highest BCUT2D eigenvalue weighted by atomic mass is 35.5. The number of carboxylic acids is 1. The number of hydrogen-bond acceptors (Lipinski definition) is 4. The van der Waals surface area contributed by atoms with Crippen molar-refractivity contribution < 1.29 is 28.5 Å². The number of nitrogens with one attached hydrogen (secondary N) is 1. The topological polar surface area (TPSA) is 78.8 Å². The Bertz CT molecular complexity index is 1090. The summed E-state index contributed by atoms with van der Waals surface area (Å²) in [6, 6.07) is 10.6. The van der Waals surface area contributed by atoms with E-state index in [1.54, 1.807) is 0 Å². The number of aliphatic carboxylic acids is 1. The first-order valence-electron chi connectivity index (χ1n) is 14.2. The molecular formula is C32H46ClF2NO4. The summed E-state index contributed by atoms with van der Waals surface area (Å²) in [4.78, 5) is 10.8. The molecule has 3 rings (SSSR count). The molecule has 1 aliphatic rings. The van der Waals surface area contributed by atoms with E-state index in [0.29, 0.717) is 23.3 Å². The molecule has 0 heterocycles. The molecule has 4 atom stereocenters. The van der Waals surface area contributed by atoms with Gasteiger partial charge in [0.1, 0.15) is 11.9 Å². The van der Waals surface area contributed by atoms with Crippen LogP contribution in [-0.4, -0.2) is 34.4 Å². The van der Waals surface area contributed by atoms with E-state index in [-0.39, 0.29) is 49.0 Å². The van der Waals surface area contributed by atoms with Crippen LogP contribution in [0.1, 0.15) is 89.5 Å². The second-order valence-corrected chi connectivity index (χ2v) is 12.3. The van der Waals surface area contributed by atoms with Crippen molar-refractivity contribution >= 4 is 18.4 Å². The lowest BCUT2D eigenvalue weighted by atomic mass is 9.75. The van der Waals surface area contributed by atoms with Crippen molar-refractivity contribution in [3.63, 3.8) is 0 Å². The van der Waals surface area contributed by atoms with Gasteiger partial charge in [-0.3, -0.25) is 4.79 Å². The second-order valence-electron chi connectivity index (χ2n) is 12.3. The Labute approximate surface area is 244 Å². The predicted molar refractivity (Wildman–Crippen MR) is 157 cm³/mol. The monoisotopic (exact) mass is 581 g/mol. The van der Waals surface area contributed by atoms with Crippen LogP contribution in [0.5, 0.6) is 5.75 Å². The number of carbonyl (C=O) groups is 1. The fourth-order valence-electron chi connectivity index (χ4n) is 5.49. The maximum Gasteiger partial charge on any atom is 0.303 e. The second kappa shape index (κ2) is 15.1. The van der Waals surface area contributed by atoms with Crippen LogP contribution in [0.4, 0.5) is 8.78 Å². The zero-order valence-corrected chi connectivity index (χ0v) is 25.2. The summed E-state index contributed by atoms with van der Waals surface area (Å²) in [7, 11) is 0. The van der Waals surface area contributed by atoms with E-state index in [2.05, 4.69) is 38.2 Å². The normalized spacial score (nSPS) is 20.2. The number of aliphatic hydroxyl groups excluding tert-OH is 1. The average Bonchev–Trinajstić information content (AvgIpc) is 2.87. The summed E-state index contributed by atoms with van der Waals surface area (Å²) in [6.07, 6.45) is 4.01. The van der Waals surface area contributed by atoms with Crippen LogP contribution >= 0.6 is 12.4 Å².